The van der Waals surface area contributed by atoms with E-state index in [4.69, 9.17) is 0 Å². The summed E-state index contributed by atoms with van der Waals surface area (Å²) < 4.78 is 37.2. The molecule has 0 aromatic carbocycles. The van der Waals surface area contributed by atoms with Crippen LogP contribution < -0.4 is 5.32 Å². The van der Waals surface area contributed by atoms with Crippen molar-refractivity contribution in [1.29, 1.82) is 0 Å². The smallest absolute Gasteiger partial charge is 0.361 e. The fourth-order valence-corrected chi connectivity index (χ4v) is 3.42. The molecule has 0 unspecified atom stereocenters. The van der Waals surface area contributed by atoms with Gasteiger partial charge in [-0.1, -0.05) is 18.3 Å². The number of aryl methyl sites for hydroxylation is 2. The van der Waals surface area contributed by atoms with Crippen LogP contribution in [-0.2, 0) is 19.0 Å². The second-order valence-corrected chi connectivity index (χ2v) is 6.49. The van der Waals surface area contributed by atoms with Crippen molar-refractivity contribution in [3.8, 4) is 0 Å². The van der Waals surface area contributed by atoms with Crippen LogP contribution in [0.5, 0.6) is 0 Å². The Labute approximate surface area is 122 Å². The van der Waals surface area contributed by atoms with E-state index in [1.807, 2.05) is 6.92 Å². The number of alkyl halides is 3. The molecule has 2 aromatic rings. The lowest BCUT2D eigenvalue weighted by Gasteiger charge is -2.01. The van der Waals surface area contributed by atoms with Crippen molar-refractivity contribution in [3.05, 3.63) is 26.7 Å². The third-order valence-corrected chi connectivity index (χ3v) is 4.74. The van der Waals surface area contributed by atoms with Crippen LogP contribution in [-0.4, -0.2) is 16.5 Å². The summed E-state index contributed by atoms with van der Waals surface area (Å²) >= 11 is 2.26. The lowest BCUT2D eigenvalue weighted by Crippen LogP contribution is -2.04. The van der Waals surface area contributed by atoms with Gasteiger partial charge in [0.25, 0.3) is 0 Å². The molecule has 2 heterocycles. The van der Waals surface area contributed by atoms with Crippen LogP contribution in [0.3, 0.4) is 0 Å². The molecule has 0 aliphatic rings. The van der Waals surface area contributed by atoms with Crippen molar-refractivity contribution in [2.75, 3.05) is 11.9 Å². The minimum atomic E-state index is -4.32. The van der Waals surface area contributed by atoms with Gasteiger partial charge in [0.2, 0.25) is 0 Å². The molecule has 0 aliphatic heterocycles. The lowest BCUT2D eigenvalue weighted by molar-refractivity contribution is -0.134. The molecular weight excluding hydrogens is 307 g/mol. The number of nitrogens with one attached hydrogen (secondary N) is 1. The average molecular weight is 321 g/mol. The third kappa shape index (κ3) is 3.69. The number of hydrogen-bond donors (Lipinski definition) is 1. The molecule has 110 valence electrons. The summed E-state index contributed by atoms with van der Waals surface area (Å²) in [5.41, 5.74) is 1.10. The quantitative estimate of drug-likeness (QED) is 0.899. The third-order valence-electron chi connectivity index (χ3n) is 2.67. The van der Waals surface area contributed by atoms with Crippen molar-refractivity contribution in [2.45, 2.75) is 32.9 Å². The Kier molecular flexibility index (Phi) is 4.64. The van der Waals surface area contributed by atoms with Crippen LogP contribution in [0.25, 0.3) is 0 Å². The fraction of sp³-hybridized carbons (Fsp3) is 0.500. The van der Waals surface area contributed by atoms with E-state index >= 15 is 0 Å². The van der Waals surface area contributed by atoms with Crippen molar-refractivity contribution >= 4 is 27.8 Å². The summed E-state index contributed by atoms with van der Waals surface area (Å²) in [6.45, 7) is 4.61. The number of anilines is 1. The van der Waals surface area contributed by atoms with Gasteiger partial charge in [0.1, 0.15) is 4.88 Å². The molecule has 0 fully saturated rings. The number of halogens is 3. The highest BCUT2D eigenvalue weighted by Crippen LogP contribution is 2.34. The number of hydrogen-bond acceptors (Lipinski definition) is 5. The maximum absolute atomic E-state index is 12.4. The highest BCUT2D eigenvalue weighted by molar-refractivity contribution is 7.15. The summed E-state index contributed by atoms with van der Waals surface area (Å²) in [5.74, 6) is 0. The molecule has 0 bridgehead atoms. The fourth-order valence-electron chi connectivity index (χ4n) is 1.69. The van der Waals surface area contributed by atoms with E-state index in [0.29, 0.717) is 29.4 Å². The van der Waals surface area contributed by atoms with Crippen LogP contribution in [0.4, 0.5) is 18.3 Å². The molecule has 20 heavy (non-hydrogen) atoms. The van der Waals surface area contributed by atoms with Gasteiger partial charge in [0.05, 0.1) is 16.9 Å². The predicted molar refractivity (Wildman–Crippen MR) is 75.5 cm³/mol. The Hall–Kier alpha value is -1.15. The van der Waals surface area contributed by atoms with Gasteiger partial charge in [-0.25, -0.2) is 9.97 Å². The largest absolute Gasteiger partial charge is 0.427 e. The summed E-state index contributed by atoms with van der Waals surface area (Å²) in [6, 6.07) is 0. The van der Waals surface area contributed by atoms with E-state index in [-0.39, 0.29) is 0 Å². The van der Waals surface area contributed by atoms with Crippen LogP contribution in [0.2, 0.25) is 0 Å². The van der Waals surface area contributed by atoms with Crippen LogP contribution in [0.15, 0.2) is 6.20 Å². The van der Waals surface area contributed by atoms with Crippen LogP contribution in [0.1, 0.15) is 27.4 Å². The van der Waals surface area contributed by atoms with Crippen LogP contribution in [0, 0.1) is 6.92 Å². The van der Waals surface area contributed by atoms with Gasteiger partial charge < -0.3 is 5.32 Å². The number of nitrogens with zero attached hydrogens (tertiary/aromatic N) is 2. The topological polar surface area (TPSA) is 37.8 Å². The molecule has 0 amide bonds. The molecular formula is C12H14F3N3S2. The summed E-state index contributed by atoms with van der Waals surface area (Å²) in [4.78, 5) is 8.73. The van der Waals surface area contributed by atoms with Gasteiger partial charge in [-0.2, -0.15) is 13.2 Å². The van der Waals surface area contributed by atoms with Gasteiger partial charge in [-0.15, -0.1) is 11.3 Å². The first-order chi connectivity index (χ1) is 9.40. The Balaban J connectivity index is 1.88. The Morgan fingerprint density at radius 2 is 2.05 bits per heavy atom. The molecule has 0 atom stereocenters. The highest BCUT2D eigenvalue weighted by Gasteiger charge is 2.33. The Morgan fingerprint density at radius 3 is 2.60 bits per heavy atom. The van der Waals surface area contributed by atoms with E-state index < -0.39 is 11.1 Å². The zero-order valence-electron chi connectivity index (χ0n) is 11.0. The number of rotatable bonds is 5. The minimum Gasteiger partial charge on any atom is -0.361 e. The van der Waals surface area contributed by atoms with Gasteiger partial charge in [-0.05, 0) is 13.3 Å². The van der Waals surface area contributed by atoms with Crippen molar-refractivity contribution in [3.63, 3.8) is 0 Å². The number of thiazole rings is 2. The first-order valence-corrected chi connectivity index (χ1v) is 7.75. The van der Waals surface area contributed by atoms with E-state index in [9.17, 15) is 13.2 Å². The number of aromatic nitrogens is 2. The normalized spacial score (nSPS) is 11.8. The Morgan fingerprint density at radius 1 is 1.30 bits per heavy atom. The zero-order valence-corrected chi connectivity index (χ0v) is 12.7. The maximum atomic E-state index is 12.4. The van der Waals surface area contributed by atoms with E-state index in [0.717, 1.165) is 23.3 Å². The molecule has 0 radical (unpaired) electrons. The van der Waals surface area contributed by atoms with Gasteiger partial charge in [0.15, 0.2) is 5.13 Å². The molecule has 0 aliphatic carbocycles. The zero-order chi connectivity index (χ0) is 14.8. The monoisotopic (exact) mass is 321 g/mol. The second kappa shape index (κ2) is 6.09. The van der Waals surface area contributed by atoms with Crippen LogP contribution >= 0.6 is 22.7 Å². The van der Waals surface area contributed by atoms with Gasteiger partial charge in [-0.3, -0.25) is 0 Å². The second-order valence-electron chi connectivity index (χ2n) is 4.17. The summed E-state index contributed by atoms with van der Waals surface area (Å²) in [5, 5.41) is 4.20. The summed E-state index contributed by atoms with van der Waals surface area (Å²) in [6.07, 6.45) is -1.88. The molecule has 3 nitrogen and oxygen atoms in total. The maximum Gasteiger partial charge on any atom is 0.427 e. The molecule has 0 saturated carbocycles. The lowest BCUT2D eigenvalue weighted by atomic mass is 10.3. The predicted octanol–water partition coefficient (Wildman–Crippen LogP) is 4.14. The van der Waals surface area contributed by atoms with Gasteiger partial charge >= 0.3 is 6.18 Å². The van der Waals surface area contributed by atoms with E-state index in [2.05, 4.69) is 22.2 Å². The van der Waals surface area contributed by atoms with Crippen molar-refractivity contribution in [1.82, 2.24) is 9.97 Å². The first-order valence-electron chi connectivity index (χ1n) is 6.12. The molecule has 0 spiro atoms. The van der Waals surface area contributed by atoms with Crippen molar-refractivity contribution < 1.29 is 13.2 Å². The molecule has 2 aromatic heterocycles. The van der Waals surface area contributed by atoms with Gasteiger partial charge in [0, 0.05) is 17.8 Å². The van der Waals surface area contributed by atoms with E-state index in [1.54, 1.807) is 11.3 Å². The first kappa shape index (κ1) is 15.2. The molecule has 2 rings (SSSR count). The standard InChI is InChI=1S/C12H14F3N3S2/c1-3-8-7(2)19-10(18-8)4-5-16-11-17-6-9(20-11)12(13,14)15/h6H,3-5H2,1-2H3,(H,16,17). The van der Waals surface area contributed by atoms with E-state index in [1.165, 1.54) is 4.88 Å². The Bertz CT molecular complexity index is 575. The molecule has 8 heteroatoms. The van der Waals surface area contributed by atoms with Crippen molar-refractivity contribution in [2.24, 2.45) is 0 Å². The molecule has 0 saturated heterocycles. The molecule has 1 N–H and O–H groups in total. The minimum absolute atomic E-state index is 0.293. The SMILES string of the molecule is CCc1nc(CCNc2ncc(C(F)(F)F)s2)sc1C. The average Bonchev–Trinajstić information content (AvgIpc) is 2.95. The summed E-state index contributed by atoms with van der Waals surface area (Å²) in [7, 11) is 0. The highest BCUT2D eigenvalue weighted by atomic mass is 32.1.